The molecule has 2 aromatic rings. The Kier molecular flexibility index (Phi) is 24.3. The quantitative estimate of drug-likeness (QED) is 0.0978. The number of nitrogens with two attached hydrogens (primary N) is 1. The van der Waals surface area contributed by atoms with E-state index in [-0.39, 0.29) is 97.4 Å². The summed E-state index contributed by atoms with van der Waals surface area (Å²) in [6.45, 7) is 48.0. The molecule has 12 rings (SSSR count). The van der Waals surface area contributed by atoms with E-state index in [1.165, 1.54) is 37.2 Å². The van der Waals surface area contributed by atoms with Gasteiger partial charge in [-0.2, -0.15) is 0 Å². The molecule has 2 aromatic carbocycles. The van der Waals surface area contributed by atoms with Crippen molar-refractivity contribution in [3.05, 3.63) is 92.0 Å². The number of carbonyl (C=O) groups excluding carboxylic acids is 5. The van der Waals surface area contributed by atoms with Gasteiger partial charge in [0.25, 0.3) is 0 Å². The van der Waals surface area contributed by atoms with E-state index in [9.17, 15) is 34.2 Å². The molecule has 14 heteroatoms. The van der Waals surface area contributed by atoms with Crippen LogP contribution in [0.1, 0.15) is 263 Å². The lowest BCUT2D eigenvalue weighted by molar-refractivity contribution is -0.234. The molecule has 0 heterocycles. The molecule has 8 saturated carbocycles. The number of benzene rings is 2. The van der Waals surface area contributed by atoms with Crippen LogP contribution >= 0.6 is 23.2 Å². The summed E-state index contributed by atoms with van der Waals surface area (Å²) in [6, 6.07) is 14.6. The highest BCUT2D eigenvalue weighted by Gasteiger charge is 2.73. The summed E-state index contributed by atoms with van der Waals surface area (Å²) in [7, 11) is 0. The molecule has 10 aliphatic rings. The summed E-state index contributed by atoms with van der Waals surface area (Å²) >= 11 is 11.6. The second-order valence-corrected chi connectivity index (χ2v) is 37.3. The SMILES string of the molecule is CC(=O)O[C@H]1CC[C@]2(C)[C@H]3CC[C@@H]4C5=C(C(C)C)C(=O)C[C@]5([C@H](O)CN)CC[C@@]4(C)[C@]3(C)CC[C@H]2C1(C)C.CC(=O)O[C@H]1CC[C@]2(C)[C@H]3CC[C@@H]4C5=C(C(C)C)C(=O)C[C@]5([C@H](O)CNCc5ccc(Cl)cc5)CC[C@@]4(C)[C@]3(C)CC[C@H]2C1(C)C.CCN(CC)CC.O=Cc1ccc(Cl)cc1. The predicted molar refractivity (Wildman–Crippen MR) is 404 cm³/mol. The molecule has 10 aliphatic carbocycles. The van der Waals surface area contributed by atoms with Gasteiger partial charge < -0.3 is 35.6 Å². The van der Waals surface area contributed by atoms with Crippen LogP contribution in [0.3, 0.4) is 0 Å². The van der Waals surface area contributed by atoms with Crippen molar-refractivity contribution in [2.24, 2.45) is 107 Å². The number of nitrogens with zero attached hydrogens (tertiary/aromatic N) is 1. The van der Waals surface area contributed by atoms with Crippen LogP contribution in [0.25, 0.3) is 0 Å². The van der Waals surface area contributed by atoms with Crippen LogP contribution in [0.15, 0.2) is 70.8 Å². The molecule has 0 amide bonds. The van der Waals surface area contributed by atoms with Gasteiger partial charge in [0, 0.05) is 83.6 Å². The highest BCUT2D eigenvalue weighted by Crippen LogP contribution is 2.79. The smallest absolute Gasteiger partial charge is 0.302 e. The zero-order chi connectivity index (χ0) is 73.9. The lowest BCUT2D eigenvalue weighted by Crippen LogP contribution is -2.66. The van der Waals surface area contributed by atoms with Gasteiger partial charge in [-0.3, -0.25) is 24.0 Å². The van der Waals surface area contributed by atoms with Crippen LogP contribution in [-0.2, 0) is 35.2 Å². The summed E-state index contributed by atoms with van der Waals surface area (Å²) in [6.07, 6.45) is 17.4. The van der Waals surface area contributed by atoms with Crippen molar-refractivity contribution in [3.63, 3.8) is 0 Å². The van der Waals surface area contributed by atoms with Crippen LogP contribution in [0.2, 0.25) is 10.0 Å². The Morgan fingerprint density at radius 2 is 0.940 bits per heavy atom. The molecule has 0 aromatic heterocycles. The van der Waals surface area contributed by atoms with E-state index in [4.69, 9.17) is 38.4 Å². The number of halogens is 2. The number of carbonyl (C=O) groups is 5. The number of fused-ring (bicyclic) bond motifs is 14. The minimum absolute atomic E-state index is 0.00865. The van der Waals surface area contributed by atoms with E-state index in [0.717, 1.165) is 124 Å². The second-order valence-electron chi connectivity index (χ2n) is 36.4. The van der Waals surface area contributed by atoms with Crippen molar-refractivity contribution in [1.82, 2.24) is 10.2 Å². The fraction of sp³-hybridized carbons (Fsp3) is 0.756. The summed E-state index contributed by atoms with van der Waals surface area (Å²) < 4.78 is 11.8. The number of Topliss-reactive ketones (excluding diaryl/α,β-unsaturated/α-hetero) is 2. The number of hydrogen-bond donors (Lipinski definition) is 4. The number of aliphatic hydroxyl groups is 2. The molecule has 0 saturated heterocycles. The number of allylic oxidation sites excluding steroid dienone is 2. The maximum absolute atomic E-state index is 13.9. The maximum atomic E-state index is 13.9. The predicted octanol–water partition coefficient (Wildman–Crippen LogP) is 18.4. The Hall–Kier alpha value is -3.75. The number of ether oxygens (including phenoxy) is 2. The van der Waals surface area contributed by atoms with Gasteiger partial charge in [-0.05, 0) is 243 Å². The third kappa shape index (κ3) is 13.7. The van der Waals surface area contributed by atoms with Crippen molar-refractivity contribution in [2.75, 3.05) is 32.7 Å². The molecule has 0 aliphatic heterocycles. The average Bonchev–Trinajstić information content (AvgIpc) is 1.12. The van der Waals surface area contributed by atoms with Crippen LogP contribution in [0.5, 0.6) is 0 Å². The van der Waals surface area contributed by atoms with Gasteiger partial charge in [0.2, 0.25) is 0 Å². The molecule has 8 fully saturated rings. The van der Waals surface area contributed by atoms with Gasteiger partial charge in [0.15, 0.2) is 11.6 Å². The molecule has 0 spiro atoms. The monoisotopic (exact) mass is 1420 g/mol. The molecule has 5 N–H and O–H groups in total. The molecule has 0 radical (unpaired) electrons. The maximum Gasteiger partial charge on any atom is 0.302 e. The fourth-order valence-corrected chi connectivity index (χ4v) is 25.8. The normalized spacial score (nSPS) is 37.9. The third-order valence-corrected chi connectivity index (χ3v) is 31.4. The highest BCUT2D eigenvalue weighted by molar-refractivity contribution is 6.30. The zero-order valence-electron chi connectivity index (χ0n) is 65.1. The van der Waals surface area contributed by atoms with Gasteiger partial charge in [-0.1, -0.05) is 176 Å². The second kappa shape index (κ2) is 30.2. The molecule has 0 bridgehead atoms. The van der Waals surface area contributed by atoms with Crippen molar-refractivity contribution < 1.29 is 43.7 Å². The average molecular weight is 1420 g/mol. The van der Waals surface area contributed by atoms with E-state index in [1.54, 1.807) is 38.1 Å². The van der Waals surface area contributed by atoms with E-state index in [0.29, 0.717) is 72.0 Å². The lowest BCUT2D eigenvalue weighted by Gasteiger charge is -2.72. The van der Waals surface area contributed by atoms with Crippen LogP contribution in [-0.4, -0.2) is 102 Å². The first-order valence-electron chi connectivity index (χ1n) is 39.1. The van der Waals surface area contributed by atoms with Gasteiger partial charge in [0.05, 0.1) is 12.2 Å². The number of hydrogen-bond acceptors (Lipinski definition) is 12. The van der Waals surface area contributed by atoms with Gasteiger partial charge in [0.1, 0.15) is 18.5 Å². The Morgan fingerprint density at radius 3 is 1.29 bits per heavy atom. The van der Waals surface area contributed by atoms with Gasteiger partial charge in [-0.15, -0.1) is 0 Å². The first kappa shape index (κ1) is 80.3. The minimum atomic E-state index is -0.654. The topological polar surface area (TPSA) is 186 Å². The minimum Gasteiger partial charge on any atom is -0.462 e. The molecule has 0 unspecified atom stereocenters. The van der Waals surface area contributed by atoms with Crippen LogP contribution < -0.4 is 11.1 Å². The first-order valence-corrected chi connectivity index (χ1v) is 39.9. The van der Waals surface area contributed by atoms with Crippen molar-refractivity contribution in [2.45, 2.75) is 278 Å². The third-order valence-electron chi connectivity index (χ3n) is 30.9. The molecule has 100 heavy (non-hydrogen) atoms. The summed E-state index contributed by atoms with van der Waals surface area (Å²) in [4.78, 5) is 63.9. The first-order chi connectivity index (χ1) is 46.8. The number of ketones is 2. The lowest BCUT2D eigenvalue weighted by atomic mass is 9.33. The largest absolute Gasteiger partial charge is 0.462 e. The summed E-state index contributed by atoms with van der Waals surface area (Å²) in [5.41, 5.74) is 12.3. The zero-order valence-corrected chi connectivity index (χ0v) is 66.6. The number of aldehydes is 1. The van der Waals surface area contributed by atoms with Crippen LogP contribution in [0, 0.1) is 101 Å². The van der Waals surface area contributed by atoms with E-state index < -0.39 is 23.0 Å². The number of esters is 2. The number of rotatable bonds is 15. The van der Waals surface area contributed by atoms with Crippen molar-refractivity contribution in [3.8, 4) is 0 Å². The van der Waals surface area contributed by atoms with Crippen LogP contribution in [0.4, 0.5) is 0 Å². The van der Waals surface area contributed by atoms with E-state index in [2.05, 4.69) is 128 Å². The van der Waals surface area contributed by atoms with E-state index >= 15 is 0 Å². The van der Waals surface area contributed by atoms with Gasteiger partial charge >= 0.3 is 11.9 Å². The number of nitrogens with one attached hydrogen (secondary N) is 1. The van der Waals surface area contributed by atoms with Crippen molar-refractivity contribution >= 4 is 53.0 Å². The molecule has 18 atom stereocenters. The van der Waals surface area contributed by atoms with E-state index in [1.807, 2.05) is 24.3 Å². The molecule has 558 valence electrons. The summed E-state index contributed by atoms with van der Waals surface area (Å²) in [5, 5.41) is 28.3. The Labute approximate surface area is 613 Å². The number of aliphatic hydroxyl groups excluding tert-OH is 2. The fourth-order valence-electron chi connectivity index (χ4n) is 25.5. The molecular weight excluding hydrogens is 1290 g/mol. The Bertz CT molecular complexity index is 3350. The summed E-state index contributed by atoms with van der Waals surface area (Å²) in [5.74, 6) is 3.35. The Balaban J connectivity index is 0.000000193. The van der Waals surface area contributed by atoms with Crippen molar-refractivity contribution in [1.29, 1.82) is 0 Å². The highest BCUT2D eigenvalue weighted by atomic mass is 35.5. The van der Waals surface area contributed by atoms with Gasteiger partial charge in [-0.25, -0.2) is 0 Å². The standard InChI is InChI=1S/C40H58ClNO4.C33H53NO4.C7H5ClO.C6H15N/c1-24(2)34-29(44)21-40(32(45)23-42-22-26-9-11-27(41)12-10-26)20-19-38(7)28(35(34)40)13-14-31-37(6)17-16-33(46-25(3)43)36(4,5)30(37)15-18-39(31,38)8;1-19(2)27-22(36)17-33(25(37)18-34)16-15-31(7)21(28(27)33)9-10-24-30(6)13-12-26(38-20(3)35)29(4,5)23(30)11-14-32(24,31)8;8-7-3-1-6(5-9)2-4-7;1-4-7(5-2)6-3/h9-12,24,28,30-33,42,45H,13-23H2,1-8H3;19,21,23-26,37H,9-18,34H2,1-8H3;1-5H;4-6H2,1-3H3/t28-,30+,31-,32-,33+,37+,38-,39-,40+;21-,23+,24-,25-,26+,30+,31-,32-,33+;;/m11../s1. The molecular formula is C86H131Cl2N3O9. The Morgan fingerprint density at radius 1 is 0.550 bits per heavy atom. The molecule has 12 nitrogen and oxygen atoms in total.